The van der Waals surface area contributed by atoms with Gasteiger partial charge in [0.15, 0.2) is 0 Å². The fourth-order valence-electron chi connectivity index (χ4n) is 10.1. The number of rotatable bonds is 5. The molecule has 0 bridgehead atoms. The van der Waals surface area contributed by atoms with Crippen LogP contribution in [0.15, 0.2) is 197 Å². The summed E-state index contributed by atoms with van der Waals surface area (Å²) in [7, 11) is 0. The van der Waals surface area contributed by atoms with Gasteiger partial charge in [0.25, 0.3) is 0 Å². The second kappa shape index (κ2) is 12.8. The van der Waals surface area contributed by atoms with Gasteiger partial charge in [-0.1, -0.05) is 123 Å². The van der Waals surface area contributed by atoms with Crippen molar-refractivity contribution in [3.8, 4) is 33.4 Å². The molecule has 0 unspecified atom stereocenters. The van der Waals surface area contributed by atoms with Crippen LogP contribution in [0.3, 0.4) is 0 Å². The highest BCUT2D eigenvalue weighted by Crippen LogP contribution is 2.51. The Morgan fingerprint density at radius 2 is 0.967 bits per heavy atom. The van der Waals surface area contributed by atoms with E-state index in [9.17, 15) is 0 Å². The van der Waals surface area contributed by atoms with Crippen molar-refractivity contribution < 1.29 is 8.83 Å². The molecule has 0 radical (unpaired) electrons. The molecule has 0 aliphatic heterocycles. The van der Waals surface area contributed by atoms with Crippen LogP contribution in [0.5, 0.6) is 0 Å². The normalized spacial score (nSPS) is 13.2. The van der Waals surface area contributed by atoms with Crippen molar-refractivity contribution >= 4 is 92.4 Å². The van der Waals surface area contributed by atoms with Gasteiger partial charge in [-0.05, 0) is 117 Å². The van der Waals surface area contributed by atoms with Gasteiger partial charge in [0.1, 0.15) is 22.3 Å². The lowest BCUT2D eigenvalue weighted by atomic mass is 9.82. The van der Waals surface area contributed by atoms with E-state index < -0.39 is 0 Å². The first-order valence-corrected chi connectivity index (χ1v) is 21.7. The van der Waals surface area contributed by atoms with Crippen LogP contribution in [0.2, 0.25) is 0 Å². The summed E-state index contributed by atoms with van der Waals surface area (Å²) in [5.41, 5.74) is 16.6. The largest absolute Gasteiger partial charge is 0.456 e. The van der Waals surface area contributed by atoms with Crippen LogP contribution in [-0.4, -0.2) is 0 Å². The molecule has 0 atom stereocenters. The first-order chi connectivity index (χ1) is 30.0. The molecular formula is C57H37NO2S. The number of hydrogen-bond acceptors (Lipinski definition) is 4. The third-order valence-electron chi connectivity index (χ3n) is 13.1. The molecule has 61 heavy (non-hydrogen) atoms. The van der Waals surface area contributed by atoms with Gasteiger partial charge in [-0.15, -0.1) is 11.3 Å². The fourth-order valence-corrected chi connectivity index (χ4v) is 11.2. The molecule has 0 spiro atoms. The van der Waals surface area contributed by atoms with Gasteiger partial charge in [0, 0.05) is 70.3 Å². The van der Waals surface area contributed by atoms with Gasteiger partial charge < -0.3 is 13.7 Å². The third-order valence-corrected chi connectivity index (χ3v) is 14.2. The zero-order valence-electron chi connectivity index (χ0n) is 33.6. The van der Waals surface area contributed by atoms with Crippen LogP contribution in [0.1, 0.15) is 25.0 Å². The average Bonchev–Trinajstić information content (AvgIpc) is 4.03. The molecule has 4 heteroatoms. The number of hydrogen-bond donors (Lipinski definition) is 0. The van der Waals surface area contributed by atoms with E-state index in [1.807, 2.05) is 17.4 Å². The van der Waals surface area contributed by atoms with Crippen LogP contribution in [0.25, 0.3) is 97.4 Å². The second-order valence-electron chi connectivity index (χ2n) is 16.9. The highest BCUT2D eigenvalue weighted by molar-refractivity contribution is 7.25. The molecule has 3 aromatic heterocycles. The molecule has 13 rings (SSSR count). The van der Waals surface area contributed by atoms with E-state index in [-0.39, 0.29) is 5.41 Å². The Balaban J connectivity index is 0.948. The first kappa shape index (κ1) is 34.5. The van der Waals surface area contributed by atoms with Crippen LogP contribution >= 0.6 is 11.3 Å². The molecule has 3 nitrogen and oxygen atoms in total. The fraction of sp³-hybridized carbons (Fsp3) is 0.0526. The number of nitrogens with zero attached hydrogens (tertiary/aromatic N) is 1. The van der Waals surface area contributed by atoms with Crippen LogP contribution in [0.4, 0.5) is 17.1 Å². The average molecular weight is 800 g/mol. The Kier molecular flexibility index (Phi) is 7.23. The minimum atomic E-state index is -0.133. The van der Waals surface area contributed by atoms with E-state index >= 15 is 0 Å². The first-order valence-electron chi connectivity index (χ1n) is 20.9. The Bertz CT molecular complexity index is 3740. The topological polar surface area (TPSA) is 29.5 Å². The van der Waals surface area contributed by atoms with Crippen LogP contribution < -0.4 is 4.90 Å². The minimum absolute atomic E-state index is 0.133. The van der Waals surface area contributed by atoms with E-state index in [1.165, 1.54) is 59.1 Å². The highest BCUT2D eigenvalue weighted by Gasteiger charge is 2.35. The zero-order valence-corrected chi connectivity index (χ0v) is 34.4. The van der Waals surface area contributed by atoms with Gasteiger partial charge in [-0.2, -0.15) is 0 Å². The third kappa shape index (κ3) is 5.16. The maximum absolute atomic E-state index is 6.76. The minimum Gasteiger partial charge on any atom is -0.456 e. The molecule has 3 heterocycles. The molecule has 0 amide bonds. The molecule has 9 aromatic carbocycles. The smallest absolute Gasteiger partial charge is 0.137 e. The summed E-state index contributed by atoms with van der Waals surface area (Å²) in [6.45, 7) is 4.69. The predicted octanol–water partition coefficient (Wildman–Crippen LogP) is 17.0. The summed E-state index contributed by atoms with van der Waals surface area (Å²) in [6.07, 6.45) is 0. The van der Waals surface area contributed by atoms with E-state index in [4.69, 9.17) is 8.83 Å². The molecule has 1 aliphatic carbocycles. The van der Waals surface area contributed by atoms with Gasteiger partial charge >= 0.3 is 0 Å². The van der Waals surface area contributed by atoms with Gasteiger partial charge in [0.2, 0.25) is 0 Å². The standard InChI is InChI=1S/C57H37NO2S/c1-57(2)48-16-8-6-13-41(48)42-27-24-38(30-49(42)57)58(37-22-19-35(20-23-37)40-15-10-18-55-56(40)45-14-7-9-17-54(45)61-55)39-25-28-44-47-33-52-46(32-53(47)60-51(44)31-39)43-26-21-36(29-50(43)59-52)34-11-4-3-5-12-34/h3-33H,1-2H3. The number of furan rings is 2. The van der Waals surface area contributed by atoms with Crippen molar-refractivity contribution in [1.82, 2.24) is 0 Å². The van der Waals surface area contributed by atoms with Crippen LogP contribution in [-0.2, 0) is 5.41 Å². The lowest BCUT2D eigenvalue weighted by Crippen LogP contribution is -2.16. The van der Waals surface area contributed by atoms with E-state index in [1.54, 1.807) is 0 Å². The summed E-state index contributed by atoms with van der Waals surface area (Å²) in [6, 6.07) is 68.2. The molecule has 0 saturated heterocycles. The Morgan fingerprint density at radius 3 is 1.79 bits per heavy atom. The van der Waals surface area contributed by atoms with Gasteiger partial charge in [-0.3, -0.25) is 0 Å². The molecule has 1 aliphatic rings. The second-order valence-corrected chi connectivity index (χ2v) is 17.9. The lowest BCUT2D eigenvalue weighted by molar-refractivity contribution is 0.660. The van der Waals surface area contributed by atoms with Crippen molar-refractivity contribution in [2.24, 2.45) is 0 Å². The van der Waals surface area contributed by atoms with Crippen LogP contribution in [0, 0.1) is 0 Å². The van der Waals surface area contributed by atoms with Crippen molar-refractivity contribution in [1.29, 1.82) is 0 Å². The summed E-state index contributed by atoms with van der Waals surface area (Å²) >= 11 is 1.86. The SMILES string of the molecule is CC1(C)c2ccccc2-c2ccc(N(c3ccc(-c4cccc5sc6ccccc6c45)cc3)c3ccc4c(c3)oc3cc5c(cc34)oc3cc(-c4ccccc4)ccc35)cc21. The Morgan fingerprint density at radius 1 is 0.377 bits per heavy atom. The summed E-state index contributed by atoms with van der Waals surface area (Å²) < 4.78 is 15.9. The number of benzene rings is 9. The quantitative estimate of drug-likeness (QED) is 0.174. The number of fused-ring (bicyclic) bond motifs is 12. The van der Waals surface area contributed by atoms with Crippen molar-refractivity contribution in [3.05, 3.63) is 199 Å². The van der Waals surface area contributed by atoms with Gasteiger partial charge in [0.05, 0.1) is 0 Å². The molecule has 0 saturated carbocycles. The summed E-state index contributed by atoms with van der Waals surface area (Å²) in [5, 5.41) is 6.86. The van der Waals surface area contributed by atoms with Gasteiger partial charge in [-0.25, -0.2) is 0 Å². The van der Waals surface area contributed by atoms with Crippen molar-refractivity contribution in [3.63, 3.8) is 0 Å². The maximum Gasteiger partial charge on any atom is 0.137 e. The zero-order chi connectivity index (χ0) is 40.4. The Hall–Kier alpha value is -7.40. The maximum atomic E-state index is 6.76. The number of thiophene rings is 1. The van der Waals surface area contributed by atoms with Crippen molar-refractivity contribution in [2.75, 3.05) is 4.90 Å². The highest BCUT2D eigenvalue weighted by atomic mass is 32.1. The summed E-state index contributed by atoms with van der Waals surface area (Å²) in [4.78, 5) is 2.37. The molecular weight excluding hydrogens is 763 g/mol. The molecule has 0 fully saturated rings. The monoisotopic (exact) mass is 799 g/mol. The molecule has 0 N–H and O–H groups in total. The van der Waals surface area contributed by atoms with E-state index in [0.29, 0.717) is 0 Å². The number of anilines is 3. The predicted molar refractivity (Wildman–Crippen MR) is 257 cm³/mol. The van der Waals surface area contributed by atoms with E-state index in [0.717, 1.165) is 66.5 Å². The molecule has 12 aromatic rings. The van der Waals surface area contributed by atoms with E-state index in [2.05, 4.69) is 201 Å². The van der Waals surface area contributed by atoms with Crippen molar-refractivity contribution in [2.45, 2.75) is 19.3 Å². The molecule has 288 valence electrons. The lowest BCUT2D eigenvalue weighted by Gasteiger charge is -2.28. The Labute approximate surface area is 356 Å². The summed E-state index contributed by atoms with van der Waals surface area (Å²) in [5.74, 6) is 0.